The third kappa shape index (κ3) is 2.74. The molecule has 0 saturated heterocycles. The van der Waals surface area contributed by atoms with E-state index in [1.807, 2.05) is 28.5 Å². The van der Waals surface area contributed by atoms with Crippen molar-refractivity contribution in [2.75, 3.05) is 20.8 Å². The van der Waals surface area contributed by atoms with Gasteiger partial charge in [-0.25, -0.2) is 4.98 Å². The number of aliphatic hydroxyl groups excluding tert-OH is 1. The molecular weight excluding hydrogens is 338 g/mol. The van der Waals surface area contributed by atoms with Crippen LogP contribution in [0, 0.1) is 5.41 Å². The van der Waals surface area contributed by atoms with Crippen molar-refractivity contribution < 1.29 is 14.6 Å². The van der Waals surface area contributed by atoms with Crippen LogP contribution < -0.4 is 9.47 Å². The summed E-state index contributed by atoms with van der Waals surface area (Å²) in [7, 11) is 3.24. The molecule has 6 nitrogen and oxygen atoms in total. The summed E-state index contributed by atoms with van der Waals surface area (Å²) in [6.45, 7) is 0.413. The van der Waals surface area contributed by atoms with Crippen molar-refractivity contribution in [3.8, 4) is 22.8 Å². The largest absolute Gasteiger partial charge is 0.510 e. The van der Waals surface area contributed by atoms with E-state index in [2.05, 4.69) is 4.98 Å². The molecule has 2 aliphatic rings. The fourth-order valence-electron chi connectivity index (χ4n) is 3.05. The van der Waals surface area contributed by atoms with Gasteiger partial charge in [-0.1, -0.05) is 0 Å². The number of rotatable bonds is 5. The molecule has 0 amide bonds. The topological polar surface area (TPSA) is 78.7 Å². The fourth-order valence-corrected chi connectivity index (χ4v) is 3.94. The van der Waals surface area contributed by atoms with Gasteiger partial charge in [0.15, 0.2) is 0 Å². The number of ether oxygens (including phenoxy) is 2. The van der Waals surface area contributed by atoms with Gasteiger partial charge in [-0.05, 0) is 31.0 Å². The number of hydrogen-bond donors (Lipinski definition) is 2. The van der Waals surface area contributed by atoms with Gasteiger partial charge in [-0.3, -0.25) is 5.41 Å². The van der Waals surface area contributed by atoms with Crippen LogP contribution in [0.4, 0.5) is 0 Å². The van der Waals surface area contributed by atoms with E-state index in [0.29, 0.717) is 34.8 Å². The summed E-state index contributed by atoms with van der Waals surface area (Å²) in [6.07, 6.45) is 2.18. The Morgan fingerprint density at radius 1 is 1.28 bits per heavy atom. The van der Waals surface area contributed by atoms with Crippen LogP contribution in [0.3, 0.4) is 0 Å². The SMILES string of the molecule is COc1ccc(OC)c(-c2csc(C3=C(O)CN(C4CC4)C3=N)n2)c1. The molecule has 1 fully saturated rings. The van der Waals surface area contributed by atoms with Crippen molar-refractivity contribution in [2.45, 2.75) is 18.9 Å². The smallest absolute Gasteiger partial charge is 0.135 e. The highest BCUT2D eigenvalue weighted by molar-refractivity contribution is 7.11. The molecule has 0 spiro atoms. The van der Waals surface area contributed by atoms with E-state index < -0.39 is 0 Å². The molecule has 25 heavy (non-hydrogen) atoms. The molecule has 2 heterocycles. The normalized spacial score (nSPS) is 17.4. The van der Waals surface area contributed by atoms with Gasteiger partial charge in [0, 0.05) is 17.0 Å². The van der Waals surface area contributed by atoms with E-state index in [1.165, 1.54) is 11.3 Å². The van der Waals surface area contributed by atoms with Crippen molar-refractivity contribution in [1.29, 1.82) is 5.41 Å². The van der Waals surface area contributed by atoms with Crippen molar-refractivity contribution in [2.24, 2.45) is 0 Å². The number of methoxy groups -OCH3 is 2. The minimum absolute atomic E-state index is 0.232. The van der Waals surface area contributed by atoms with Crippen molar-refractivity contribution in [3.63, 3.8) is 0 Å². The molecule has 0 radical (unpaired) electrons. The molecule has 1 aromatic carbocycles. The van der Waals surface area contributed by atoms with Crippen LogP contribution >= 0.6 is 11.3 Å². The van der Waals surface area contributed by atoms with Crippen molar-refractivity contribution >= 4 is 22.7 Å². The highest BCUT2D eigenvalue weighted by atomic mass is 32.1. The summed E-state index contributed by atoms with van der Waals surface area (Å²) >= 11 is 1.42. The third-order valence-corrected chi connectivity index (χ3v) is 5.38. The summed E-state index contributed by atoms with van der Waals surface area (Å²) in [6, 6.07) is 5.95. The maximum Gasteiger partial charge on any atom is 0.135 e. The molecule has 1 aliphatic carbocycles. The Balaban J connectivity index is 1.69. The van der Waals surface area contributed by atoms with E-state index in [9.17, 15) is 5.11 Å². The van der Waals surface area contributed by atoms with Gasteiger partial charge in [-0.15, -0.1) is 11.3 Å². The van der Waals surface area contributed by atoms with Crippen LogP contribution in [-0.2, 0) is 0 Å². The first-order valence-corrected chi connectivity index (χ1v) is 8.96. The molecule has 4 rings (SSSR count). The number of thiazole rings is 1. The minimum Gasteiger partial charge on any atom is -0.510 e. The fraction of sp³-hybridized carbons (Fsp3) is 0.333. The first kappa shape index (κ1) is 16.0. The van der Waals surface area contributed by atoms with E-state index in [0.717, 1.165) is 29.8 Å². The van der Waals surface area contributed by atoms with Gasteiger partial charge in [0.1, 0.15) is 28.1 Å². The number of hydrogen-bond acceptors (Lipinski definition) is 6. The lowest BCUT2D eigenvalue weighted by Gasteiger charge is -2.16. The second-order valence-electron chi connectivity index (χ2n) is 6.13. The molecule has 1 aliphatic heterocycles. The summed E-state index contributed by atoms with van der Waals surface area (Å²) in [4.78, 5) is 6.62. The molecule has 0 bridgehead atoms. The highest BCUT2D eigenvalue weighted by Crippen LogP contribution is 2.39. The van der Waals surface area contributed by atoms with E-state index >= 15 is 0 Å². The Labute approximate surface area is 149 Å². The average Bonchev–Trinajstić information content (AvgIpc) is 3.28. The maximum absolute atomic E-state index is 10.3. The lowest BCUT2D eigenvalue weighted by molar-refractivity contribution is 0.345. The quantitative estimate of drug-likeness (QED) is 0.855. The zero-order valence-corrected chi connectivity index (χ0v) is 14.9. The highest BCUT2D eigenvalue weighted by Gasteiger charge is 2.39. The number of amidine groups is 1. The molecule has 7 heteroatoms. The Morgan fingerprint density at radius 2 is 2.08 bits per heavy atom. The van der Waals surface area contributed by atoms with E-state index in [4.69, 9.17) is 14.9 Å². The average molecular weight is 357 g/mol. The van der Waals surface area contributed by atoms with Crippen LogP contribution in [0.2, 0.25) is 0 Å². The molecular formula is C18H19N3O3S. The predicted octanol–water partition coefficient (Wildman–Crippen LogP) is 3.55. The number of aromatic nitrogens is 1. The number of benzene rings is 1. The Kier molecular flexibility index (Phi) is 3.88. The van der Waals surface area contributed by atoms with Crippen LogP contribution in [0.15, 0.2) is 29.3 Å². The maximum atomic E-state index is 10.3. The molecule has 130 valence electrons. The Bertz CT molecular complexity index is 870. The molecule has 0 unspecified atom stereocenters. The number of aliphatic hydroxyl groups is 1. The van der Waals surface area contributed by atoms with Crippen LogP contribution in [0.5, 0.6) is 11.5 Å². The first-order valence-electron chi connectivity index (χ1n) is 8.08. The van der Waals surface area contributed by atoms with Crippen molar-refractivity contribution in [3.05, 3.63) is 34.3 Å². The van der Waals surface area contributed by atoms with Gasteiger partial charge in [0.2, 0.25) is 0 Å². The van der Waals surface area contributed by atoms with E-state index in [1.54, 1.807) is 14.2 Å². The van der Waals surface area contributed by atoms with Crippen LogP contribution in [0.1, 0.15) is 17.8 Å². The summed E-state index contributed by atoms with van der Waals surface area (Å²) < 4.78 is 10.7. The van der Waals surface area contributed by atoms with Gasteiger partial charge >= 0.3 is 0 Å². The molecule has 1 aromatic heterocycles. The monoisotopic (exact) mass is 357 g/mol. The molecule has 2 N–H and O–H groups in total. The Morgan fingerprint density at radius 3 is 2.76 bits per heavy atom. The summed E-state index contributed by atoms with van der Waals surface area (Å²) in [5.74, 6) is 2.03. The van der Waals surface area contributed by atoms with Crippen LogP contribution in [-0.4, -0.2) is 47.6 Å². The zero-order chi connectivity index (χ0) is 17.6. The third-order valence-electron chi connectivity index (χ3n) is 4.52. The first-order chi connectivity index (χ1) is 12.1. The Hall–Kier alpha value is -2.54. The minimum atomic E-state index is 0.232. The summed E-state index contributed by atoms with van der Waals surface area (Å²) in [5, 5.41) is 21.3. The van der Waals surface area contributed by atoms with Crippen molar-refractivity contribution in [1.82, 2.24) is 9.88 Å². The zero-order valence-electron chi connectivity index (χ0n) is 14.1. The second kappa shape index (κ2) is 6.07. The number of nitrogens with zero attached hydrogens (tertiary/aromatic N) is 2. The molecule has 0 atom stereocenters. The van der Waals surface area contributed by atoms with E-state index in [-0.39, 0.29) is 5.76 Å². The van der Waals surface area contributed by atoms with Crippen LogP contribution in [0.25, 0.3) is 16.8 Å². The lowest BCUT2D eigenvalue weighted by Crippen LogP contribution is -2.28. The van der Waals surface area contributed by atoms with Gasteiger partial charge in [0.05, 0.1) is 32.0 Å². The van der Waals surface area contributed by atoms with Gasteiger partial charge in [-0.2, -0.15) is 0 Å². The molecule has 2 aromatic rings. The summed E-state index contributed by atoms with van der Waals surface area (Å²) in [5.41, 5.74) is 2.12. The second-order valence-corrected chi connectivity index (χ2v) is 6.99. The standard InChI is InChI=1S/C18H19N3O3S/c1-23-11-5-6-15(24-2)12(7-11)13-9-25-18(20-13)16-14(22)8-21(17(16)19)10-3-4-10/h5-7,9-10,19,22H,3-4,8H2,1-2H3. The number of nitrogens with one attached hydrogen (secondary N) is 1. The predicted molar refractivity (Wildman–Crippen MR) is 97.7 cm³/mol. The molecule has 1 saturated carbocycles. The van der Waals surface area contributed by atoms with Gasteiger partial charge < -0.3 is 19.5 Å². The van der Waals surface area contributed by atoms with Gasteiger partial charge in [0.25, 0.3) is 0 Å². The lowest BCUT2D eigenvalue weighted by atomic mass is 10.1.